The van der Waals surface area contributed by atoms with Crippen molar-refractivity contribution in [2.75, 3.05) is 5.73 Å². The number of nitrogens with zero attached hydrogens (tertiary/aromatic N) is 6. The van der Waals surface area contributed by atoms with Gasteiger partial charge in [-0.15, -0.1) is 20.4 Å². The first kappa shape index (κ1) is 10.1. The minimum Gasteiger partial charge on any atom is -0.480 e. The molecule has 9 heteroatoms. The molecule has 0 aromatic carbocycles. The van der Waals surface area contributed by atoms with Gasteiger partial charge < -0.3 is 15.4 Å². The highest BCUT2D eigenvalue weighted by atomic mass is 16.4. The topological polar surface area (TPSA) is 125 Å². The van der Waals surface area contributed by atoms with Crippen LogP contribution in [0.5, 0.6) is 0 Å². The Morgan fingerprint density at radius 1 is 1.31 bits per heavy atom. The zero-order chi connectivity index (χ0) is 11.5. The number of carboxylic acid groups (broad SMARTS) is 1. The number of aliphatic carboxylic acids is 1. The maximum Gasteiger partial charge on any atom is 0.323 e. The maximum absolute atomic E-state index is 10.6. The van der Waals surface area contributed by atoms with Crippen molar-refractivity contribution in [1.29, 1.82) is 0 Å². The fourth-order valence-electron chi connectivity index (χ4n) is 1.22. The van der Waals surface area contributed by atoms with Gasteiger partial charge in [-0.25, -0.2) is 0 Å². The van der Waals surface area contributed by atoms with Crippen LogP contribution in [0.1, 0.15) is 5.82 Å². The third-order valence-corrected chi connectivity index (χ3v) is 1.96. The monoisotopic (exact) mass is 223 g/mol. The van der Waals surface area contributed by atoms with Crippen LogP contribution in [-0.2, 0) is 17.9 Å². The van der Waals surface area contributed by atoms with Crippen LogP contribution in [0.2, 0.25) is 0 Å². The average Bonchev–Trinajstić information content (AvgIpc) is 2.78. The molecule has 0 fully saturated rings. The Kier molecular flexibility index (Phi) is 2.50. The van der Waals surface area contributed by atoms with Crippen molar-refractivity contribution in [3.63, 3.8) is 0 Å². The summed E-state index contributed by atoms with van der Waals surface area (Å²) >= 11 is 0. The molecular weight excluding hydrogens is 214 g/mol. The summed E-state index contributed by atoms with van der Waals surface area (Å²) in [7, 11) is 0. The summed E-state index contributed by atoms with van der Waals surface area (Å²) in [5, 5.41) is 23.3. The van der Waals surface area contributed by atoms with Crippen molar-refractivity contribution >= 4 is 11.9 Å². The normalized spacial score (nSPS) is 10.5. The maximum atomic E-state index is 10.6. The molecule has 0 unspecified atom stereocenters. The number of nitrogens with two attached hydrogens (primary N) is 1. The molecular formula is C7H9N7O2. The smallest absolute Gasteiger partial charge is 0.323 e. The summed E-state index contributed by atoms with van der Waals surface area (Å²) < 4.78 is 2.96. The molecule has 84 valence electrons. The zero-order valence-corrected chi connectivity index (χ0v) is 8.19. The molecule has 0 saturated carbocycles. The number of carbonyl (C=O) groups is 1. The first-order valence-corrected chi connectivity index (χ1v) is 4.38. The lowest BCUT2D eigenvalue weighted by atomic mass is 10.5. The molecule has 0 aliphatic heterocycles. The van der Waals surface area contributed by atoms with Crippen LogP contribution in [0.15, 0.2) is 12.7 Å². The van der Waals surface area contributed by atoms with E-state index in [0.29, 0.717) is 5.82 Å². The number of nitrogen functional groups attached to an aromatic ring is 1. The molecule has 16 heavy (non-hydrogen) atoms. The van der Waals surface area contributed by atoms with Crippen LogP contribution < -0.4 is 5.73 Å². The van der Waals surface area contributed by atoms with E-state index in [1.807, 2.05) is 0 Å². The Morgan fingerprint density at radius 3 is 2.62 bits per heavy atom. The molecule has 2 aromatic heterocycles. The summed E-state index contributed by atoms with van der Waals surface area (Å²) in [6, 6.07) is 0. The number of hydrogen-bond acceptors (Lipinski definition) is 6. The lowest BCUT2D eigenvalue weighted by molar-refractivity contribution is -0.137. The van der Waals surface area contributed by atoms with E-state index in [9.17, 15) is 4.79 Å². The van der Waals surface area contributed by atoms with E-state index in [-0.39, 0.29) is 19.0 Å². The van der Waals surface area contributed by atoms with Gasteiger partial charge in [0.25, 0.3) is 0 Å². The van der Waals surface area contributed by atoms with Crippen LogP contribution in [0.3, 0.4) is 0 Å². The van der Waals surface area contributed by atoms with Gasteiger partial charge in [0.2, 0.25) is 5.95 Å². The molecule has 0 aliphatic rings. The molecule has 0 amide bonds. The van der Waals surface area contributed by atoms with Gasteiger partial charge in [0, 0.05) is 0 Å². The van der Waals surface area contributed by atoms with E-state index in [0.717, 1.165) is 0 Å². The summed E-state index contributed by atoms with van der Waals surface area (Å²) in [5.74, 6) is -0.239. The van der Waals surface area contributed by atoms with Gasteiger partial charge in [-0.05, 0) is 0 Å². The van der Waals surface area contributed by atoms with Crippen LogP contribution in [0, 0.1) is 0 Å². The van der Waals surface area contributed by atoms with Gasteiger partial charge in [-0.3, -0.25) is 9.36 Å². The predicted molar refractivity (Wildman–Crippen MR) is 51.2 cm³/mol. The number of rotatable bonds is 4. The molecule has 0 radical (unpaired) electrons. The first-order chi connectivity index (χ1) is 7.66. The molecule has 2 heterocycles. The molecule has 2 aromatic rings. The molecule has 0 atom stereocenters. The highest BCUT2D eigenvalue weighted by molar-refractivity contribution is 5.66. The van der Waals surface area contributed by atoms with E-state index in [2.05, 4.69) is 20.4 Å². The standard InChI is InChI=1S/C7H9N7O2/c8-7-12-10-4-14(7)1-5-11-9-3-13(5)2-6(15)16/h3-4H,1-2H2,(H2,8,12)(H,15,16). The summed E-state index contributed by atoms with van der Waals surface area (Å²) in [5.41, 5.74) is 5.52. The van der Waals surface area contributed by atoms with Gasteiger partial charge in [0.1, 0.15) is 19.2 Å². The first-order valence-electron chi connectivity index (χ1n) is 4.38. The fraction of sp³-hybridized carbons (Fsp3) is 0.286. The number of aromatic nitrogens is 6. The van der Waals surface area contributed by atoms with Gasteiger partial charge in [-0.2, -0.15) is 0 Å². The van der Waals surface area contributed by atoms with Crippen molar-refractivity contribution < 1.29 is 9.90 Å². The second kappa shape index (κ2) is 3.96. The summed E-state index contributed by atoms with van der Waals surface area (Å²) in [4.78, 5) is 10.6. The Labute approximate surface area is 89.5 Å². The van der Waals surface area contributed by atoms with Crippen LogP contribution >= 0.6 is 0 Å². The molecule has 0 bridgehead atoms. The quantitative estimate of drug-likeness (QED) is 0.651. The van der Waals surface area contributed by atoms with Gasteiger partial charge in [-0.1, -0.05) is 0 Å². The zero-order valence-electron chi connectivity index (χ0n) is 8.19. The molecule has 2 rings (SSSR count). The lowest BCUT2D eigenvalue weighted by Gasteiger charge is -2.04. The van der Waals surface area contributed by atoms with Gasteiger partial charge >= 0.3 is 5.97 Å². The van der Waals surface area contributed by atoms with Crippen LogP contribution in [-0.4, -0.2) is 40.6 Å². The molecule has 0 saturated heterocycles. The highest BCUT2D eigenvalue weighted by Gasteiger charge is 2.09. The van der Waals surface area contributed by atoms with E-state index in [4.69, 9.17) is 10.8 Å². The minimum absolute atomic E-state index is 0.190. The lowest BCUT2D eigenvalue weighted by Crippen LogP contribution is -2.14. The van der Waals surface area contributed by atoms with Gasteiger partial charge in [0.15, 0.2) is 5.82 Å². The highest BCUT2D eigenvalue weighted by Crippen LogP contribution is 2.02. The van der Waals surface area contributed by atoms with Crippen molar-refractivity contribution in [1.82, 2.24) is 29.5 Å². The SMILES string of the molecule is Nc1nncn1Cc1nncn1CC(=O)O. The Bertz CT molecular complexity index is 502. The Morgan fingerprint density at radius 2 is 2.00 bits per heavy atom. The Hall–Kier alpha value is -2.45. The molecule has 3 N–H and O–H groups in total. The van der Waals surface area contributed by atoms with Crippen molar-refractivity contribution in [3.8, 4) is 0 Å². The number of hydrogen-bond donors (Lipinski definition) is 2. The predicted octanol–water partition coefficient (Wildman–Crippen LogP) is -1.42. The van der Waals surface area contributed by atoms with Crippen molar-refractivity contribution in [3.05, 3.63) is 18.5 Å². The largest absolute Gasteiger partial charge is 0.480 e. The minimum atomic E-state index is -0.960. The van der Waals surface area contributed by atoms with Crippen LogP contribution in [0.25, 0.3) is 0 Å². The molecule has 0 spiro atoms. The van der Waals surface area contributed by atoms with Crippen molar-refractivity contribution in [2.45, 2.75) is 13.1 Å². The second-order valence-electron chi connectivity index (χ2n) is 3.09. The average molecular weight is 223 g/mol. The van der Waals surface area contributed by atoms with E-state index < -0.39 is 5.97 Å². The van der Waals surface area contributed by atoms with Crippen LogP contribution in [0.4, 0.5) is 5.95 Å². The van der Waals surface area contributed by atoms with E-state index >= 15 is 0 Å². The number of carboxylic acids is 1. The van der Waals surface area contributed by atoms with E-state index in [1.54, 1.807) is 4.57 Å². The Balaban J connectivity index is 2.19. The second-order valence-corrected chi connectivity index (χ2v) is 3.09. The summed E-state index contributed by atoms with van der Waals surface area (Å²) in [6.45, 7) is 0.0937. The number of anilines is 1. The third-order valence-electron chi connectivity index (χ3n) is 1.96. The van der Waals surface area contributed by atoms with Gasteiger partial charge in [0.05, 0.1) is 6.54 Å². The fourth-order valence-corrected chi connectivity index (χ4v) is 1.22. The van der Waals surface area contributed by atoms with E-state index in [1.165, 1.54) is 17.2 Å². The third kappa shape index (κ3) is 1.97. The molecule has 0 aliphatic carbocycles. The van der Waals surface area contributed by atoms with Crippen molar-refractivity contribution in [2.24, 2.45) is 0 Å². The molecule has 9 nitrogen and oxygen atoms in total. The summed E-state index contributed by atoms with van der Waals surface area (Å²) in [6.07, 6.45) is 2.79.